The molecule has 0 aliphatic carbocycles. The minimum atomic E-state index is -3.06. The fourth-order valence-electron chi connectivity index (χ4n) is 4.68. The van der Waals surface area contributed by atoms with Crippen LogP contribution in [0.1, 0.15) is 23.2 Å². The van der Waals surface area contributed by atoms with Crippen molar-refractivity contribution in [2.75, 3.05) is 25.7 Å². The van der Waals surface area contributed by atoms with Crippen LogP contribution >= 0.6 is 0 Å². The number of carbonyl (C=O) groups excluding carboxylic acids is 1. The molecule has 10 heteroatoms. The highest BCUT2D eigenvalue weighted by molar-refractivity contribution is 7.91. The Hall–Kier alpha value is -3.66. The molecule has 1 aliphatic heterocycles. The van der Waals surface area contributed by atoms with E-state index in [9.17, 15) is 13.2 Å². The van der Waals surface area contributed by atoms with Crippen molar-refractivity contribution in [1.82, 2.24) is 19.3 Å². The number of methoxy groups -OCH3 is 2. The molecule has 0 amide bonds. The number of Topliss-reactive ketones (excluding diaryl/α,β-unsaturated/α-hetero) is 1. The highest BCUT2D eigenvalue weighted by atomic mass is 32.2. The number of aromatic nitrogens is 4. The number of rotatable bonds is 7. The number of sulfone groups is 1. The van der Waals surface area contributed by atoms with Crippen LogP contribution in [0.2, 0.25) is 0 Å². The Morgan fingerprint density at radius 1 is 1.11 bits per heavy atom. The summed E-state index contributed by atoms with van der Waals surface area (Å²) < 4.78 is 38.5. The van der Waals surface area contributed by atoms with Gasteiger partial charge >= 0.3 is 0 Å². The Bertz CT molecular complexity index is 1510. The highest BCUT2D eigenvalue weighted by Gasteiger charge is 2.31. The van der Waals surface area contributed by atoms with Crippen LogP contribution in [0.25, 0.3) is 27.8 Å². The zero-order valence-corrected chi connectivity index (χ0v) is 20.6. The molecule has 0 spiro atoms. The lowest BCUT2D eigenvalue weighted by Crippen LogP contribution is -2.13. The Kier molecular flexibility index (Phi) is 5.84. The topological polar surface area (TPSA) is 105 Å². The number of carbonyl (C=O) groups is 1. The van der Waals surface area contributed by atoms with Crippen LogP contribution in [0, 0.1) is 5.92 Å². The number of ether oxygens (including phenoxy) is 2. The Labute approximate surface area is 203 Å². The molecular formula is C25H26N4O5S. The van der Waals surface area contributed by atoms with Gasteiger partial charge in [-0.3, -0.25) is 14.0 Å². The lowest BCUT2D eigenvalue weighted by molar-refractivity contribution is 0.0959. The van der Waals surface area contributed by atoms with E-state index in [1.165, 1.54) is 14.2 Å². The van der Waals surface area contributed by atoms with E-state index in [1.807, 2.05) is 42.2 Å². The largest absolute Gasteiger partial charge is 0.496 e. The summed E-state index contributed by atoms with van der Waals surface area (Å²) in [4.78, 5) is 17.7. The molecule has 1 saturated heterocycles. The molecule has 0 N–H and O–H groups in total. The number of hydrogen-bond donors (Lipinski definition) is 0. The van der Waals surface area contributed by atoms with Crippen molar-refractivity contribution < 1.29 is 22.7 Å². The monoisotopic (exact) mass is 494 g/mol. The van der Waals surface area contributed by atoms with Gasteiger partial charge in [-0.25, -0.2) is 13.4 Å². The van der Waals surface area contributed by atoms with Gasteiger partial charge in [0.2, 0.25) is 0 Å². The summed E-state index contributed by atoms with van der Waals surface area (Å²) in [7, 11) is 1.82. The third-order valence-corrected chi connectivity index (χ3v) is 8.27. The van der Waals surface area contributed by atoms with Crippen LogP contribution in [-0.2, 0) is 16.9 Å². The summed E-state index contributed by atoms with van der Waals surface area (Å²) in [5.74, 6) is 0.549. The summed E-state index contributed by atoms with van der Waals surface area (Å²) in [6, 6.07) is 9.56. The second-order valence-corrected chi connectivity index (χ2v) is 11.1. The Balaban J connectivity index is 1.50. The zero-order valence-electron chi connectivity index (χ0n) is 19.8. The van der Waals surface area contributed by atoms with Gasteiger partial charge in [0, 0.05) is 37.4 Å². The van der Waals surface area contributed by atoms with Gasteiger partial charge in [0.1, 0.15) is 23.4 Å². The lowest BCUT2D eigenvalue weighted by atomic mass is 9.96. The highest BCUT2D eigenvalue weighted by Crippen LogP contribution is 2.36. The summed E-state index contributed by atoms with van der Waals surface area (Å²) in [6.07, 6.45) is 6.11. The molecule has 2 aromatic heterocycles. The van der Waals surface area contributed by atoms with Crippen LogP contribution in [0.3, 0.4) is 0 Å². The van der Waals surface area contributed by atoms with Gasteiger partial charge in [-0.1, -0.05) is 6.07 Å². The smallest absolute Gasteiger partial charge is 0.170 e. The molecule has 3 heterocycles. The van der Waals surface area contributed by atoms with Crippen molar-refractivity contribution in [2.24, 2.45) is 13.0 Å². The van der Waals surface area contributed by atoms with E-state index in [0.717, 1.165) is 27.8 Å². The van der Waals surface area contributed by atoms with E-state index >= 15 is 0 Å². The maximum atomic E-state index is 13.2. The molecule has 1 atom stereocenters. The van der Waals surface area contributed by atoms with Gasteiger partial charge in [0.05, 0.1) is 48.6 Å². The molecule has 35 heavy (non-hydrogen) atoms. The molecule has 0 radical (unpaired) electrons. The molecule has 9 nitrogen and oxygen atoms in total. The lowest BCUT2D eigenvalue weighted by Gasteiger charge is -2.16. The van der Waals surface area contributed by atoms with Crippen molar-refractivity contribution in [3.05, 3.63) is 54.6 Å². The Morgan fingerprint density at radius 2 is 1.86 bits per heavy atom. The third kappa shape index (κ3) is 4.41. The number of benzene rings is 2. The quantitative estimate of drug-likeness (QED) is 0.362. The first kappa shape index (κ1) is 23.1. The van der Waals surface area contributed by atoms with Crippen molar-refractivity contribution in [2.45, 2.75) is 12.8 Å². The standard InChI is InChI=1S/C25H26N4O5S/c1-28-13-18(12-27-28)17-4-5-21-20(9-17)26-15-29(21)19-10-23(33-2)25(24(11-19)34-3)22(30)8-16-6-7-35(31,32)14-16/h4-5,9-13,15-16H,6-8,14H2,1-3H3. The van der Waals surface area contributed by atoms with E-state index in [2.05, 4.69) is 10.1 Å². The van der Waals surface area contributed by atoms with Gasteiger partial charge < -0.3 is 9.47 Å². The number of ketones is 1. The van der Waals surface area contributed by atoms with Crippen molar-refractivity contribution in [3.63, 3.8) is 0 Å². The molecule has 1 fully saturated rings. The molecule has 0 saturated carbocycles. The van der Waals surface area contributed by atoms with E-state index < -0.39 is 9.84 Å². The predicted octanol–water partition coefficient (Wildman–Crippen LogP) is 3.45. The first-order valence-corrected chi connectivity index (χ1v) is 13.1. The number of nitrogens with zero attached hydrogens (tertiary/aromatic N) is 4. The SMILES string of the molecule is COc1cc(-n2cnc3cc(-c4cnn(C)c4)ccc32)cc(OC)c1C(=O)CC1CCS(=O)(=O)C1. The fraction of sp³-hybridized carbons (Fsp3) is 0.320. The van der Waals surface area contributed by atoms with Crippen molar-refractivity contribution in [1.29, 1.82) is 0 Å². The van der Waals surface area contributed by atoms with Crippen molar-refractivity contribution in [3.8, 4) is 28.3 Å². The molecular weight excluding hydrogens is 468 g/mol. The number of hydrogen-bond acceptors (Lipinski definition) is 7. The first-order valence-electron chi connectivity index (χ1n) is 11.2. The number of aryl methyl sites for hydroxylation is 1. The van der Waals surface area contributed by atoms with Crippen LogP contribution in [0.15, 0.2) is 49.1 Å². The molecule has 182 valence electrons. The molecule has 1 aliphatic rings. The number of imidazole rings is 1. The minimum absolute atomic E-state index is 0.0452. The fourth-order valence-corrected chi connectivity index (χ4v) is 6.54. The van der Waals surface area contributed by atoms with E-state index in [-0.39, 0.29) is 29.6 Å². The first-order chi connectivity index (χ1) is 16.8. The van der Waals surface area contributed by atoms with Crippen LogP contribution in [-0.4, -0.2) is 59.3 Å². The maximum absolute atomic E-state index is 13.2. The van der Waals surface area contributed by atoms with Gasteiger partial charge in [0.15, 0.2) is 15.6 Å². The van der Waals surface area contributed by atoms with Gasteiger partial charge in [0.25, 0.3) is 0 Å². The predicted molar refractivity (Wildman–Crippen MR) is 132 cm³/mol. The van der Waals surface area contributed by atoms with Gasteiger partial charge in [-0.05, 0) is 30.0 Å². The summed E-state index contributed by atoms with van der Waals surface area (Å²) in [6.45, 7) is 0. The summed E-state index contributed by atoms with van der Waals surface area (Å²) in [5, 5.41) is 4.23. The minimum Gasteiger partial charge on any atom is -0.496 e. The summed E-state index contributed by atoms with van der Waals surface area (Å²) in [5.41, 5.74) is 4.77. The average molecular weight is 495 g/mol. The molecule has 0 bridgehead atoms. The van der Waals surface area contributed by atoms with E-state index in [0.29, 0.717) is 23.5 Å². The average Bonchev–Trinajstić information content (AvgIpc) is 3.55. The second kappa shape index (κ2) is 8.84. The van der Waals surface area contributed by atoms with Crippen LogP contribution in [0.4, 0.5) is 0 Å². The second-order valence-electron chi connectivity index (χ2n) is 8.84. The molecule has 1 unspecified atom stereocenters. The van der Waals surface area contributed by atoms with Gasteiger partial charge in [-0.2, -0.15) is 5.10 Å². The maximum Gasteiger partial charge on any atom is 0.170 e. The molecule has 2 aromatic carbocycles. The third-order valence-electron chi connectivity index (χ3n) is 6.43. The van der Waals surface area contributed by atoms with Gasteiger partial charge in [-0.15, -0.1) is 0 Å². The normalized spacial score (nSPS) is 17.1. The van der Waals surface area contributed by atoms with Crippen LogP contribution in [0.5, 0.6) is 11.5 Å². The summed E-state index contributed by atoms with van der Waals surface area (Å²) >= 11 is 0. The molecule has 5 rings (SSSR count). The zero-order chi connectivity index (χ0) is 24.7. The van der Waals surface area contributed by atoms with E-state index in [4.69, 9.17) is 9.47 Å². The Morgan fingerprint density at radius 3 is 2.46 bits per heavy atom. The van der Waals surface area contributed by atoms with E-state index in [1.54, 1.807) is 23.1 Å². The molecule has 4 aromatic rings. The van der Waals surface area contributed by atoms with Crippen LogP contribution < -0.4 is 9.47 Å². The van der Waals surface area contributed by atoms with Crippen molar-refractivity contribution >= 4 is 26.7 Å². The number of fused-ring (bicyclic) bond motifs is 1.